The number of benzene rings is 2. The van der Waals surface area contributed by atoms with Gasteiger partial charge < -0.3 is 15.0 Å². The highest BCUT2D eigenvalue weighted by Gasteiger charge is 2.58. The number of nitrogens with zero attached hydrogens (tertiary/aromatic N) is 3. The Bertz CT molecular complexity index is 1370. The van der Waals surface area contributed by atoms with Crippen LogP contribution in [0.4, 0.5) is 28.0 Å². The molecule has 0 aromatic heterocycles. The van der Waals surface area contributed by atoms with E-state index in [1.165, 1.54) is 24.0 Å². The summed E-state index contributed by atoms with van der Waals surface area (Å²) < 4.78 is 59.0. The largest absolute Gasteiger partial charge is 0.497 e. The predicted molar refractivity (Wildman–Crippen MR) is 140 cm³/mol. The van der Waals surface area contributed by atoms with Crippen LogP contribution in [-0.2, 0) is 15.8 Å². The number of carbonyl (C=O) groups excluding carboxylic acids is 4. The number of halogens is 4. The van der Waals surface area contributed by atoms with Crippen molar-refractivity contribution in [2.24, 2.45) is 5.92 Å². The third kappa shape index (κ3) is 5.44. The number of imide groups is 1. The van der Waals surface area contributed by atoms with Gasteiger partial charge in [-0.3, -0.25) is 24.2 Å². The topological polar surface area (TPSA) is 99.3 Å². The first kappa shape index (κ1) is 29.8. The van der Waals surface area contributed by atoms with E-state index in [0.717, 1.165) is 4.90 Å². The molecule has 0 aliphatic carbocycles. The number of methoxy groups -OCH3 is 1. The second-order valence-electron chi connectivity index (χ2n) is 10.4. The highest BCUT2D eigenvalue weighted by Crippen LogP contribution is 2.41. The average molecular weight is 579 g/mol. The van der Waals surface area contributed by atoms with Gasteiger partial charge in [-0.05, 0) is 49.1 Å². The fourth-order valence-corrected chi connectivity index (χ4v) is 5.27. The Morgan fingerprint density at radius 1 is 1.05 bits per heavy atom. The van der Waals surface area contributed by atoms with Crippen molar-refractivity contribution in [1.29, 1.82) is 0 Å². The van der Waals surface area contributed by atoms with Crippen LogP contribution in [0, 0.1) is 11.7 Å². The number of piperidine rings is 1. The highest BCUT2D eigenvalue weighted by molar-refractivity contribution is 6.16. The van der Waals surface area contributed by atoms with Gasteiger partial charge in [-0.25, -0.2) is 9.18 Å². The molecule has 1 atom stereocenters. The number of nitrogens with one attached hydrogen (secondary N) is 1. The normalized spacial score (nSPS) is 17.8. The van der Waals surface area contributed by atoms with Gasteiger partial charge in [0.15, 0.2) is 0 Å². The Morgan fingerprint density at radius 3 is 2.29 bits per heavy atom. The fourth-order valence-electron chi connectivity index (χ4n) is 5.27. The van der Waals surface area contributed by atoms with Crippen molar-refractivity contribution in [2.45, 2.75) is 44.4 Å². The molecule has 0 saturated carbocycles. The van der Waals surface area contributed by atoms with E-state index in [4.69, 9.17) is 4.74 Å². The molecule has 0 unspecified atom stereocenters. The lowest BCUT2D eigenvalue weighted by atomic mass is 9.85. The summed E-state index contributed by atoms with van der Waals surface area (Å²) in [4.78, 5) is 56.7. The lowest BCUT2D eigenvalue weighted by molar-refractivity contribution is -0.139. The molecular weight excluding hydrogens is 548 g/mol. The monoisotopic (exact) mass is 578 g/mol. The minimum Gasteiger partial charge on any atom is -0.497 e. The number of anilines is 1. The van der Waals surface area contributed by atoms with Crippen molar-refractivity contribution in [1.82, 2.24) is 15.1 Å². The molecule has 2 aromatic rings. The minimum atomic E-state index is -4.79. The zero-order chi connectivity index (χ0) is 30.3. The van der Waals surface area contributed by atoms with Gasteiger partial charge in [0.05, 0.1) is 23.9 Å². The maximum absolute atomic E-state index is 14.3. The van der Waals surface area contributed by atoms with E-state index in [9.17, 15) is 36.7 Å². The zero-order valence-corrected chi connectivity index (χ0v) is 22.9. The van der Waals surface area contributed by atoms with Gasteiger partial charge in [-0.15, -0.1) is 0 Å². The molecule has 2 aromatic carbocycles. The standard InChI is InChI=1S/C28H30F4N4O5/c1-16(2)22(33-23(37)20-14-17(28(30,31)32)8-9-21(20)29)24(38)35-12-10-27(11-13-35)25(39)34(3)26(40)36(27)18-6-5-7-19(15-18)41-4/h5-9,14-16,22H,10-13H2,1-4H3,(H,33,37)/t22-/m1/s1. The first-order valence-corrected chi connectivity index (χ1v) is 12.9. The van der Waals surface area contributed by atoms with Crippen LogP contribution in [0.25, 0.3) is 0 Å². The molecule has 4 rings (SSSR count). The van der Waals surface area contributed by atoms with Crippen molar-refractivity contribution < 1.29 is 41.5 Å². The van der Waals surface area contributed by atoms with Crippen LogP contribution in [0.15, 0.2) is 42.5 Å². The molecule has 0 radical (unpaired) electrons. The lowest BCUT2D eigenvalue weighted by Crippen LogP contribution is -2.60. The minimum absolute atomic E-state index is 0.0587. The molecular formula is C28H30F4N4O5. The molecule has 2 saturated heterocycles. The van der Waals surface area contributed by atoms with Crippen LogP contribution in [0.3, 0.4) is 0 Å². The fraction of sp³-hybridized carbons (Fsp3) is 0.429. The van der Waals surface area contributed by atoms with Crippen LogP contribution >= 0.6 is 0 Å². The average Bonchev–Trinajstić information content (AvgIpc) is 3.11. The number of hydrogen-bond donors (Lipinski definition) is 1. The second-order valence-corrected chi connectivity index (χ2v) is 10.4. The first-order chi connectivity index (χ1) is 19.2. The van der Waals surface area contributed by atoms with Crippen molar-refractivity contribution in [3.63, 3.8) is 0 Å². The van der Waals surface area contributed by atoms with Crippen molar-refractivity contribution in [3.8, 4) is 5.75 Å². The number of ether oxygens (including phenoxy) is 1. The number of rotatable bonds is 6. The summed E-state index contributed by atoms with van der Waals surface area (Å²) in [5.74, 6) is -3.26. The van der Waals surface area contributed by atoms with Crippen LogP contribution in [0.5, 0.6) is 5.75 Å². The maximum Gasteiger partial charge on any atom is 0.416 e. The van der Waals surface area contributed by atoms with Crippen molar-refractivity contribution >= 4 is 29.4 Å². The molecule has 1 spiro atoms. The molecule has 9 nitrogen and oxygen atoms in total. The number of urea groups is 1. The molecule has 1 N–H and O–H groups in total. The Labute approximate surface area is 234 Å². The van der Waals surface area contributed by atoms with Crippen LogP contribution < -0.4 is 15.0 Å². The summed E-state index contributed by atoms with van der Waals surface area (Å²) in [5.41, 5.74) is -2.81. The van der Waals surface area contributed by atoms with Gasteiger partial charge in [-0.2, -0.15) is 13.2 Å². The number of likely N-dealkylation sites (N-methyl/N-ethyl adjacent to an activating group) is 1. The molecule has 41 heavy (non-hydrogen) atoms. The van der Waals surface area contributed by atoms with E-state index < -0.39 is 64.4 Å². The van der Waals surface area contributed by atoms with E-state index in [1.807, 2.05) is 0 Å². The van der Waals surface area contributed by atoms with Gasteiger partial charge in [-0.1, -0.05) is 19.9 Å². The lowest BCUT2D eigenvalue weighted by Gasteiger charge is -2.43. The van der Waals surface area contributed by atoms with Gasteiger partial charge in [0, 0.05) is 26.2 Å². The first-order valence-electron chi connectivity index (χ1n) is 12.9. The summed E-state index contributed by atoms with van der Waals surface area (Å²) in [6, 6.07) is 6.52. The van der Waals surface area contributed by atoms with E-state index in [1.54, 1.807) is 38.1 Å². The Balaban J connectivity index is 1.54. The molecule has 0 bridgehead atoms. The third-order valence-electron chi connectivity index (χ3n) is 7.58. The molecule has 2 heterocycles. The molecule has 5 amide bonds. The van der Waals surface area contributed by atoms with Gasteiger partial charge in [0.2, 0.25) is 5.91 Å². The van der Waals surface area contributed by atoms with E-state index in [0.29, 0.717) is 29.6 Å². The summed E-state index contributed by atoms with van der Waals surface area (Å²) in [6.45, 7) is 3.39. The van der Waals surface area contributed by atoms with Crippen LogP contribution in [0.2, 0.25) is 0 Å². The Hall–Kier alpha value is -4.16. The molecule has 2 fully saturated rings. The molecule has 2 aliphatic rings. The number of alkyl halides is 3. The van der Waals surface area contributed by atoms with Crippen molar-refractivity contribution in [3.05, 3.63) is 59.4 Å². The summed E-state index contributed by atoms with van der Waals surface area (Å²) in [5, 5.41) is 2.39. The summed E-state index contributed by atoms with van der Waals surface area (Å²) >= 11 is 0. The Kier molecular flexibility index (Phi) is 8.01. The SMILES string of the molecule is COc1cccc(N2C(=O)N(C)C(=O)C23CCN(C(=O)[C@H](NC(=O)c2cc(C(F)(F)F)ccc2F)C(C)C)CC3)c1. The van der Waals surface area contributed by atoms with Crippen molar-refractivity contribution in [2.75, 3.05) is 32.1 Å². The third-order valence-corrected chi connectivity index (χ3v) is 7.58. The van der Waals surface area contributed by atoms with Gasteiger partial charge >= 0.3 is 12.2 Å². The Morgan fingerprint density at radius 2 is 1.71 bits per heavy atom. The van der Waals surface area contributed by atoms with Gasteiger partial charge in [0.1, 0.15) is 23.1 Å². The van der Waals surface area contributed by atoms with Crippen LogP contribution in [0.1, 0.15) is 42.6 Å². The van der Waals surface area contributed by atoms with E-state index in [-0.39, 0.29) is 25.9 Å². The number of likely N-dealkylation sites (tertiary alicyclic amines) is 1. The van der Waals surface area contributed by atoms with E-state index >= 15 is 0 Å². The second kappa shape index (κ2) is 11.0. The molecule has 220 valence electrons. The quantitative estimate of drug-likeness (QED) is 0.412. The number of carbonyl (C=O) groups is 4. The van der Waals surface area contributed by atoms with Crippen LogP contribution in [-0.4, -0.2) is 72.4 Å². The summed E-state index contributed by atoms with van der Waals surface area (Å²) in [7, 11) is 2.87. The smallest absolute Gasteiger partial charge is 0.416 e. The van der Waals surface area contributed by atoms with Gasteiger partial charge in [0.25, 0.3) is 11.8 Å². The highest BCUT2D eigenvalue weighted by atomic mass is 19.4. The molecule has 2 aliphatic heterocycles. The predicted octanol–water partition coefficient (Wildman–Crippen LogP) is 4.07. The summed E-state index contributed by atoms with van der Waals surface area (Å²) in [6.07, 6.45) is -4.58. The zero-order valence-electron chi connectivity index (χ0n) is 22.9. The number of amides is 5. The maximum atomic E-state index is 14.3. The molecule has 13 heteroatoms. The van der Waals surface area contributed by atoms with E-state index in [2.05, 4.69) is 5.32 Å². The number of hydrogen-bond acceptors (Lipinski definition) is 5.